The fourth-order valence-corrected chi connectivity index (χ4v) is 4.23. The number of rotatable bonds is 6. The Balaban J connectivity index is 0.00000225. The number of fused-ring (bicyclic) bond motifs is 1. The zero-order valence-corrected chi connectivity index (χ0v) is 17.2. The van der Waals surface area contributed by atoms with E-state index in [1.165, 1.54) is 24.1 Å². The van der Waals surface area contributed by atoms with Gasteiger partial charge in [-0.25, -0.2) is 9.97 Å². The maximum absolute atomic E-state index is 12.4. The molecular weight excluding hydrogens is 376 g/mol. The van der Waals surface area contributed by atoms with E-state index in [4.69, 9.17) is 0 Å². The molecule has 8 heteroatoms. The lowest BCUT2D eigenvalue weighted by Crippen LogP contribution is -2.33. The number of aromatic nitrogens is 4. The molecule has 2 aliphatic rings. The summed E-state index contributed by atoms with van der Waals surface area (Å²) < 4.78 is 1.84. The van der Waals surface area contributed by atoms with Gasteiger partial charge >= 0.3 is 0 Å². The van der Waals surface area contributed by atoms with Gasteiger partial charge in [0.1, 0.15) is 12.4 Å². The summed E-state index contributed by atoms with van der Waals surface area (Å²) in [5.41, 5.74) is 4.77. The minimum Gasteiger partial charge on any atom is -0.354 e. The monoisotopic (exact) mass is 404 g/mol. The first kappa shape index (κ1) is 20.7. The zero-order chi connectivity index (χ0) is 18.6. The van der Waals surface area contributed by atoms with Gasteiger partial charge in [-0.05, 0) is 57.2 Å². The van der Waals surface area contributed by atoms with Crippen molar-refractivity contribution in [3.05, 3.63) is 40.7 Å². The number of amides is 1. The molecule has 152 valence electrons. The van der Waals surface area contributed by atoms with Gasteiger partial charge in [0, 0.05) is 48.7 Å². The van der Waals surface area contributed by atoms with Crippen molar-refractivity contribution in [2.75, 3.05) is 19.6 Å². The molecule has 0 spiro atoms. The van der Waals surface area contributed by atoms with Crippen molar-refractivity contribution in [3.63, 3.8) is 0 Å². The van der Waals surface area contributed by atoms with E-state index >= 15 is 0 Å². The van der Waals surface area contributed by atoms with E-state index in [1.807, 2.05) is 10.7 Å². The lowest BCUT2D eigenvalue weighted by Gasteiger charge is -2.23. The standard InChI is InChI=1S/C20H28N6O.ClH/c1-14-16-5-2-6-17(16)25-19(24-14)8-10-22-20(27)13-26-18(7-11-23-26)15-4-3-9-21-12-15;/h7,11,15,21H,2-6,8-10,12-13H2,1H3,(H,22,27);1H. The summed E-state index contributed by atoms with van der Waals surface area (Å²) in [6.07, 6.45) is 8.10. The van der Waals surface area contributed by atoms with Crippen molar-refractivity contribution in [3.8, 4) is 0 Å². The van der Waals surface area contributed by atoms with E-state index in [9.17, 15) is 4.79 Å². The van der Waals surface area contributed by atoms with Crippen LogP contribution in [0, 0.1) is 6.92 Å². The van der Waals surface area contributed by atoms with Crippen LogP contribution in [0.2, 0.25) is 0 Å². The van der Waals surface area contributed by atoms with Crippen LogP contribution in [0.3, 0.4) is 0 Å². The number of hydrogen-bond donors (Lipinski definition) is 2. The van der Waals surface area contributed by atoms with Crippen LogP contribution in [0.4, 0.5) is 0 Å². The van der Waals surface area contributed by atoms with E-state index in [0.717, 1.165) is 49.6 Å². The number of aryl methyl sites for hydroxylation is 2. The SMILES string of the molecule is Cc1nc(CCNC(=O)Cn2nccc2C2CCCNC2)nc2c1CCC2.Cl. The van der Waals surface area contributed by atoms with Crippen molar-refractivity contribution >= 4 is 18.3 Å². The molecule has 7 nitrogen and oxygen atoms in total. The van der Waals surface area contributed by atoms with E-state index < -0.39 is 0 Å². The Kier molecular flexibility index (Phi) is 7.02. The topological polar surface area (TPSA) is 84.7 Å². The second-order valence-corrected chi connectivity index (χ2v) is 7.56. The molecule has 0 radical (unpaired) electrons. The molecule has 1 fully saturated rings. The van der Waals surface area contributed by atoms with E-state index in [0.29, 0.717) is 18.9 Å². The number of nitrogens with one attached hydrogen (secondary N) is 2. The molecule has 0 aromatic carbocycles. The van der Waals surface area contributed by atoms with Crippen LogP contribution in [0.25, 0.3) is 0 Å². The Labute approximate surface area is 172 Å². The largest absolute Gasteiger partial charge is 0.354 e. The molecule has 1 atom stereocenters. The zero-order valence-electron chi connectivity index (χ0n) is 16.4. The summed E-state index contributed by atoms with van der Waals surface area (Å²) in [6.45, 7) is 4.92. The lowest BCUT2D eigenvalue weighted by molar-refractivity contribution is -0.121. The molecule has 0 saturated carbocycles. The summed E-state index contributed by atoms with van der Waals surface area (Å²) in [5.74, 6) is 1.26. The molecular formula is C20H29ClN6O. The van der Waals surface area contributed by atoms with Crippen LogP contribution >= 0.6 is 12.4 Å². The Morgan fingerprint density at radius 2 is 2.21 bits per heavy atom. The second-order valence-electron chi connectivity index (χ2n) is 7.56. The van der Waals surface area contributed by atoms with E-state index in [2.05, 4.69) is 32.6 Å². The average Bonchev–Trinajstić information content (AvgIpc) is 3.32. The third-order valence-corrected chi connectivity index (χ3v) is 5.61. The maximum Gasteiger partial charge on any atom is 0.241 e. The lowest BCUT2D eigenvalue weighted by atomic mass is 9.96. The highest BCUT2D eigenvalue weighted by molar-refractivity contribution is 5.85. The predicted octanol–water partition coefficient (Wildman–Crippen LogP) is 1.72. The minimum absolute atomic E-state index is 0. The predicted molar refractivity (Wildman–Crippen MR) is 110 cm³/mol. The van der Waals surface area contributed by atoms with Crippen LogP contribution in [0.5, 0.6) is 0 Å². The molecule has 3 heterocycles. The number of piperidine rings is 1. The molecule has 1 aliphatic carbocycles. The first-order valence-corrected chi connectivity index (χ1v) is 10.0. The van der Waals surface area contributed by atoms with Gasteiger partial charge in [-0.1, -0.05) is 0 Å². The van der Waals surface area contributed by atoms with Crippen LogP contribution in [0.1, 0.15) is 53.7 Å². The van der Waals surface area contributed by atoms with Crippen LogP contribution < -0.4 is 10.6 Å². The van der Waals surface area contributed by atoms with Crippen molar-refractivity contribution in [2.45, 2.75) is 57.9 Å². The van der Waals surface area contributed by atoms with Gasteiger partial charge in [0.05, 0.1) is 0 Å². The smallest absolute Gasteiger partial charge is 0.241 e. The van der Waals surface area contributed by atoms with Crippen LogP contribution in [-0.4, -0.2) is 45.3 Å². The molecule has 2 aromatic rings. The first-order chi connectivity index (χ1) is 13.2. The Morgan fingerprint density at radius 3 is 3.04 bits per heavy atom. The number of hydrogen-bond acceptors (Lipinski definition) is 5. The van der Waals surface area contributed by atoms with E-state index in [1.54, 1.807) is 6.20 Å². The van der Waals surface area contributed by atoms with E-state index in [-0.39, 0.29) is 24.9 Å². The van der Waals surface area contributed by atoms with Crippen molar-refractivity contribution < 1.29 is 4.79 Å². The molecule has 1 saturated heterocycles. The third kappa shape index (κ3) is 4.70. The summed E-state index contributed by atoms with van der Waals surface area (Å²) in [7, 11) is 0. The minimum atomic E-state index is -0.0124. The average molecular weight is 405 g/mol. The molecule has 2 aromatic heterocycles. The number of carbonyl (C=O) groups is 1. The van der Waals surface area contributed by atoms with Gasteiger partial charge in [0.2, 0.25) is 5.91 Å². The highest BCUT2D eigenvalue weighted by atomic mass is 35.5. The fourth-order valence-electron chi connectivity index (χ4n) is 4.23. The Morgan fingerprint density at radius 1 is 1.32 bits per heavy atom. The molecule has 2 N–H and O–H groups in total. The second kappa shape index (κ2) is 9.47. The molecule has 1 aliphatic heterocycles. The third-order valence-electron chi connectivity index (χ3n) is 5.61. The number of halogens is 1. The normalized spacial score (nSPS) is 18.4. The van der Waals surface area contributed by atoms with Gasteiger partial charge in [-0.3, -0.25) is 9.48 Å². The quantitative estimate of drug-likeness (QED) is 0.765. The number of nitrogens with zero attached hydrogens (tertiary/aromatic N) is 4. The Bertz CT molecular complexity index is 815. The van der Waals surface area contributed by atoms with Crippen LogP contribution in [-0.2, 0) is 30.6 Å². The van der Waals surface area contributed by atoms with Gasteiger partial charge in [-0.15, -0.1) is 12.4 Å². The maximum atomic E-state index is 12.4. The van der Waals surface area contributed by atoms with Crippen molar-refractivity contribution in [1.29, 1.82) is 0 Å². The van der Waals surface area contributed by atoms with Crippen LogP contribution in [0.15, 0.2) is 12.3 Å². The van der Waals surface area contributed by atoms with Gasteiger partial charge in [0.15, 0.2) is 0 Å². The molecule has 1 unspecified atom stereocenters. The molecule has 0 bridgehead atoms. The van der Waals surface area contributed by atoms with Crippen molar-refractivity contribution in [1.82, 2.24) is 30.4 Å². The van der Waals surface area contributed by atoms with Gasteiger partial charge in [-0.2, -0.15) is 5.10 Å². The van der Waals surface area contributed by atoms with Gasteiger partial charge in [0.25, 0.3) is 0 Å². The van der Waals surface area contributed by atoms with Crippen molar-refractivity contribution in [2.24, 2.45) is 0 Å². The Hall–Kier alpha value is -1.99. The van der Waals surface area contributed by atoms with Gasteiger partial charge < -0.3 is 10.6 Å². The number of carbonyl (C=O) groups excluding carboxylic acids is 1. The first-order valence-electron chi connectivity index (χ1n) is 10.0. The fraction of sp³-hybridized carbons (Fsp3) is 0.600. The summed E-state index contributed by atoms with van der Waals surface area (Å²) >= 11 is 0. The summed E-state index contributed by atoms with van der Waals surface area (Å²) in [5, 5.41) is 10.8. The summed E-state index contributed by atoms with van der Waals surface area (Å²) in [4.78, 5) is 21.6. The molecule has 1 amide bonds. The molecule has 4 rings (SSSR count). The highest BCUT2D eigenvalue weighted by Crippen LogP contribution is 2.23. The summed E-state index contributed by atoms with van der Waals surface area (Å²) in [6, 6.07) is 2.03. The molecule has 28 heavy (non-hydrogen) atoms. The highest BCUT2D eigenvalue weighted by Gasteiger charge is 2.20.